The zero-order valence-corrected chi connectivity index (χ0v) is 10.3. The molecule has 0 aliphatic heterocycles. The highest BCUT2D eigenvalue weighted by Crippen LogP contribution is 2.51. The Labute approximate surface area is 110 Å². The first-order valence-electron chi connectivity index (χ1n) is 5.31. The third-order valence-electron chi connectivity index (χ3n) is 3.01. The van der Waals surface area contributed by atoms with Crippen molar-refractivity contribution in [2.45, 2.75) is 24.6 Å². The maximum Gasteiger partial charge on any atom is 0.411 e. The SMILES string of the molecule is NC(=S)c1ccc(NC2(C(F)(F)F)CC2)c(F)c1F. The summed E-state index contributed by atoms with van der Waals surface area (Å²) in [6.45, 7) is 0. The van der Waals surface area contributed by atoms with Gasteiger partial charge >= 0.3 is 6.18 Å². The molecule has 0 heterocycles. The Morgan fingerprint density at radius 1 is 1.21 bits per heavy atom. The molecule has 1 aliphatic rings. The van der Waals surface area contributed by atoms with Gasteiger partial charge in [0.1, 0.15) is 10.5 Å². The first-order valence-corrected chi connectivity index (χ1v) is 5.71. The van der Waals surface area contributed by atoms with Crippen molar-refractivity contribution in [2.24, 2.45) is 5.73 Å². The molecule has 1 fully saturated rings. The molecule has 8 heteroatoms. The van der Waals surface area contributed by atoms with Gasteiger partial charge in [-0.15, -0.1) is 0 Å². The second kappa shape index (κ2) is 4.29. The fourth-order valence-corrected chi connectivity index (χ4v) is 1.86. The maximum atomic E-state index is 13.6. The fraction of sp³-hybridized carbons (Fsp3) is 0.364. The van der Waals surface area contributed by atoms with Crippen LogP contribution in [0.4, 0.5) is 27.6 Å². The molecular formula is C11H9F5N2S. The molecule has 0 aromatic heterocycles. The first kappa shape index (κ1) is 14.0. The summed E-state index contributed by atoms with van der Waals surface area (Å²) in [4.78, 5) is -0.361. The van der Waals surface area contributed by atoms with E-state index in [0.29, 0.717) is 0 Å². The lowest BCUT2D eigenvalue weighted by Crippen LogP contribution is -2.39. The molecule has 1 aromatic rings. The molecule has 3 N–H and O–H groups in total. The van der Waals surface area contributed by atoms with E-state index in [1.165, 1.54) is 0 Å². The summed E-state index contributed by atoms with van der Waals surface area (Å²) in [6, 6.07) is 2.05. The second-order valence-electron chi connectivity index (χ2n) is 4.36. The predicted molar refractivity (Wildman–Crippen MR) is 63.9 cm³/mol. The summed E-state index contributed by atoms with van der Waals surface area (Å²) in [6.07, 6.45) is -4.86. The van der Waals surface area contributed by atoms with Gasteiger partial charge in [-0.2, -0.15) is 13.2 Å². The number of thiocarbonyl (C=S) groups is 1. The van der Waals surface area contributed by atoms with Crippen molar-refractivity contribution in [1.29, 1.82) is 0 Å². The van der Waals surface area contributed by atoms with Gasteiger partial charge in [0.2, 0.25) is 0 Å². The van der Waals surface area contributed by atoms with Crippen molar-refractivity contribution in [1.82, 2.24) is 0 Å². The highest BCUT2D eigenvalue weighted by molar-refractivity contribution is 7.80. The Bertz CT molecular complexity index is 537. The van der Waals surface area contributed by atoms with Crippen LogP contribution >= 0.6 is 12.2 Å². The van der Waals surface area contributed by atoms with E-state index < -0.39 is 29.0 Å². The number of alkyl halides is 3. The van der Waals surface area contributed by atoms with E-state index in [2.05, 4.69) is 12.2 Å². The van der Waals surface area contributed by atoms with Crippen LogP contribution in [-0.2, 0) is 0 Å². The molecule has 0 amide bonds. The molecule has 2 rings (SSSR count). The molecule has 1 aliphatic carbocycles. The smallest absolute Gasteiger partial charge is 0.389 e. The lowest BCUT2D eigenvalue weighted by Gasteiger charge is -2.22. The number of hydrogen-bond acceptors (Lipinski definition) is 2. The van der Waals surface area contributed by atoms with E-state index in [1.54, 1.807) is 0 Å². The number of nitrogens with one attached hydrogen (secondary N) is 1. The number of halogens is 5. The highest BCUT2D eigenvalue weighted by atomic mass is 32.1. The van der Waals surface area contributed by atoms with Gasteiger partial charge in [-0.3, -0.25) is 0 Å². The van der Waals surface area contributed by atoms with Crippen molar-refractivity contribution < 1.29 is 22.0 Å². The number of benzene rings is 1. The van der Waals surface area contributed by atoms with Gasteiger partial charge in [-0.1, -0.05) is 12.2 Å². The van der Waals surface area contributed by atoms with Crippen molar-refractivity contribution >= 4 is 22.9 Å². The normalized spacial score (nSPS) is 17.1. The molecular weight excluding hydrogens is 287 g/mol. The molecule has 0 bridgehead atoms. The Kier molecular flexibility index (Phi) is 3.16. The van der Waals surface area contributed by atoms with Crippen molar-refractivity contribution in [3.8, 4) is 0 Å². The summed E-state index contributed by atoms with van der Waals surface area (Å²) < 4.78 is 65.3. The minimum atomic E-state index is -4.52. The lowest BCUT2D eigenvalue weighted by molar-refractivity contribution is -0.151. The zero-order valence-electron chi connectivity index (χ0n) is 9.44. The quantitative estimate of drug-likeness (QED) is 0.665. The number of rotatable bonds is 3. The third kappa shape index (κ3) is 2.36. The highest BCUT2D eigenvalue weighted by Gasteiger charge is 2.63. The average molecular weight is 296 g/mol. The predicted octanol–water partition coefficient (Wildman–Crippen LogP) is 3.11. The van der Waals surface area contributed by atoms with E-state index in [9.17, 15) is 22.0 Å². The van der Waals surface area contributed by atoms with Gasteiger partial charge in [0.25, 0.3) is 0 Å². The van der Waals surface area contributed by atoms with Gasteiger partial charge in [-0.05, 0) is 25.0 Å². The molecule has 0 radical (unpaired) electrons. The molecule has 0 saturated heterocycles. The number of nitrogens with two attached hydrogens (primary N) is 1. The Morgan fingerprint density at radius 2 is 1.79 bits per heavy atom. The molecule has 2 nitrogen and oxygen atoms in total. The number of anilines is 1. The fourth-order valence-electron chi connectivity index (χ4n) is 1.70. The van der Waals surface area contributed by atoms with Crippen molar-refractivity contribution in [3.63, 3.8) is 0 Å². The van der Waals surface area contributed by atoms with Gasteiger partial charge in [0, 0.05) is 5.56 Å². The topological polar surface area (TPSA) is 38.0 Å². The Morgan fingerprint density at radius 3 is 2.21 bits per heavy atom. The summed E-state index contributed by atoms with van der Waals surface area (Å²) in [5, 5.41) is 2.02. The van der Waals surface area contributed by atoms with Crippen molar-refractivity contribution in [2.75, 3.05) is 5.32 Å². The molecule has 104 valence electrons. The largest absolute Gasteiger partial charge is 0.411 e. The van der Waals surface area contributed by atoms with E-state index in [4.69, 9.17) is 5.73 Å². The van der Waals surface area contributed by atoms with Gasteiger partial charge in [0.15, 0.2) is 11.6 Å². The van der Waals surface area contributed by atoms with Crippen LogP contribution < -0.4 is 11.1 Å². The lowest BCUT2D eigenvalue weighted by atomic mass is 10.1. The van der Waals surface area contributed by atoms with Gasteiger partial charge in [0.05, 0.1) is 5.69 Å². The van der Waals surface area contributed by atoms with E-state index in [-0.39, 0.29) is 23.4 Å². The summed E-state index contributed by atoms with van der Waals surface area (Å²) in [5.74, 6) is -2.77. The van der Waals surface area contributed by atoms with Crippen LogP contribution in [0, 0.1) is 11.6 Å². The Balaban J connectivity index is 2.33. The van der Waals surface area contributed by atoms with E-state index in [0.717, 1.165) is 12.1 Å². The van der Waals surface area contributed by atoms with Crippen LogP contribution in [-0.4, -0.2) is 16.7 Å². The molecule has 0 spiro atoms. The molecule has 0 atom stereocenters. The average Bonchev–Trinajstić information content (AvgIpc) is 3.05. The zero-order chi connectivity index (χ0) is 14.4. The molecule has 0 unspecified atom stereocenters. The van der Waals surface area contributed by atoms with Crippen LogP contribution in [0.15, 0.2) is 12.1 Å². The molecule has 1 saturated carbocycles. The summed E-state index contributed by atoms with van der Waals surface area (Å²) >= 11 is 4.50. The van der Waals surface area contributed by atoms with Gasteiger partial charge < -0.3 is 11.1 Å². The van der Waals surface area contributed by atoms with E-state index in [1.807, 2.05) is 5.32 Å². The minimum absolute atomic E-state index is 0.172. The van der Waals surface area contributed by atoms with Crippen LogP contribution in [0.1, 0.15) is 18.4 Å². The van der Waals surface area contributed by atoms with Crippen LogP contribution in [0.25, 0.3) is 0 Å². The molecule has 19 heavy (non-hydrogen) atoms. The summed E-state index contributed by atoms with van der Waals surface area (Å²) in [5.41, 5.74) is 2.12. The first-order chi connectivity index (χ1) is 8.68. The Hall–Kier alpha value is -1.44. The van der Waals surface area contributed by atoms with Crippen LogP contribution in [0.2, 0.25) is 0 Å². The monoisotopic (exact) mass is 296 g/mol. The maximum absolute atomic E-state index is 13.6. The standard InChI is InChI=1S/C11H9F5N2S/c12-7-5(9(17)19)1-2-6(8(7)13)18-10(3-4-10)11(14,15)16/h1-2,18H,3-4H2,(H2,17,19). The minimum Gasteiger partial charge on any atom is -0.389 e. The van der Waals surface area contributed by atoms with Crippen LogP contribution in [0.5, 0.6) is 0 Å². The second-order valence-corrected chi connectivity index (χ2v) is 4.80. The van der Waals surface area contributed by atoms with Crippen LogP contribution in [0.3, 0.4) is 0 Å². The third-order valence-corrected chi connectivity index (χ3v) is 3.23. The molecule has 1 aromatic carbocycles. The summed E-state index contributed by atoms with van der Waals surface area (Å²) in [7, 11) is 0. The van der Waals surface area contributed by atoms with Gasteiger partial charge in [-0.25, -0.2) is 8.78 Å². The van der Waals surface area contributed by atoms with Crippen molar-refractivity contribution in [3.05, 3.63) is 29.3 Å². The number of hydrogen-bond donors (Lipinski definition) is 2. The van der Waals surface area contributed by atoms with E-state index >= 15 is 0 Å².